The molecule has 0 aromatic heterocycles. The van der Waals surface area contributed by atoms with E-state index in [1.54, 1.807) is 7.11 Å². The Bertz CT molecular complexity index is 396. The van der Waals surface area contributed by atoms with Crippen molar-refractivity contribution in [2.75, 3.05) is 26.9 Å². The van der Waals surface area contributed by atoms with E-state index in [9.17, 15) is 4.79 Å². The number of aryl methyl sites for hydroxylation is 1. The van der Waals surface area contributed by atoms with E-state index in [4.69, 9.17) is 9.47 Å². The highest BCUT2D eigenvalue weighted by atomic mass is 16.5. The van der Waals surface area contributed by atoms with Crippen LogP contribution in [0.5, 0.6) is 5.75 Å². The van der Waals surface area contributed by atoms with Crippen LogP contribution >= 0.6 is 0 Å². The second-order valence-electron chi connectivity index (χ2n) is 4.42. The molecule has 2 N–H and O–H groups in total. The van der Waals surface area contributed by atoms with Crippen molar-refractivity contribution in [2.45, 2.75) is 19.9 Å². The predicted molar refractivity (Wildman–Crippen MR) is 74.5 cm³/mol. The number of urea groups is 1. The van der Waals surface area contributed by atoms with Gasteiger partial charge in [0.15, 0.2) is 0 Å². The highest BCUT2D eigenvalue weighted by Crippen LogP contribution is 2.11. The zero-order valence-corrected chi connectivity index (χ0v) is 11.7. The van der Waals surface area contributed by atoms with E-state index in [0.29, 0.717) is 19.8 Å². The monoisotopic (exact) mass is 266 g/mol. The standard InChI is InChI=1S/C14H22N2O3/c1-11-5-4-6-13(9-11)19-8-7-15-14(17)16-12(2)10-18-3/h4-6,9,12H,7-8,10H2,1-3H3,(H2,15,16,17). The summed E-state index contributed by atoms with van der Waals surface area (Å²) >= 11 is 0. The molecule has 1 atom stereocenters. The molecule has 19 heavy (non-hydrogen) atoms. The van der Waals surface area contributed by atoms with Gasteiger partial charge < -0.3 is 20.1 Å². The molecular weight excluding hydrogens is 244 g/mol. The molecule has 0 fully saturated rings. The van der Waals surface area contributed by atoms with Crippen molar-refractivity contribution < 1.29 is 14.3 Å². The summed E-state index contributed by atoms with van der Waals surface area (Å²) in [5.41, 5.74) is 1.15. The van der Waals surface area contributed by atoms with Gasteiger partial charge in [-0.3, -0.25) is 0 Å². The Kier molecular flexibility index (Phi) is 6.74. The van der Waals surface area contributed by atoms with Crippen molar-refractivity contribution in [3.05, 3.63) is 29.8 Å². The quantitative estimate of drug-likeness (QED) is 0.739. The molecule has 0 saturated heterocycles. The third-order valence-electron chi connectivity index (χ3n) is 2.44. The smallest absolute Gasteiger partial charge is 0.315 e. The van der Waals surface area contributed by atoms with E-state index in [2.05, 4.69) is 10.6 Å². The van der Waals surface area contributed by atoms with Gasteiger partial charge in [0.2, 0.25) is 0 Å². The SMILES string of the molecule is COCC(C)NC(=O)NCCOc1cccc(C)c1. The molecule has 0 bridgehead atoms. The van der Waals surface area contributed by atoms with Crippen LogP contribution in [-0.4, -0.2) is 38.9 Å². The van der Waals surface area contributed by atoms with Crippen molar-refractivity contribution in [2.24, 2.45) is 0 Å². The molecule has 1 aromatic rings. The van der Waals surface area contributed by atoms with Crippen LogP contribution in [0.1, 0.15) is 12.5 Å². The van der Waals surface area contributed by atoms with Gasteiger partial charge in [-0.05, 0) is 31.5 Å². The Hall–Kier alpha value is -1.75. The maximum Gasteiger partial charge on any atom is 0.315 e. The molecule has 5 nitrogen and oxygen atoms in total. The lowest BCUT2D eigenvalue weighted by Gasteiger charge is -2.13. The van der Waals surface area contributed by atoms with Crippen LogP contribution in [0, 0.1) is 6.92 Å². The lowest BCUT2D eigenvalue weighted by atomic mass is 10.2. The summed E-state index contributed by atoms with van der Waals surface area (Å²) in [7, 11) is 1.60. The van der Waals surface area contributed by atoms with Gasteiger partial charge in [0.05, 0.1) is 19.2 Å². The third-order valence-corrected chi connectivity index (χ3v) is 2.44. The Balaban J connectivity index is 2.15. The van der Waals surface area contributed by atoms with Gasteiger partial charge in [0.25, 0.3) is 0 Å². The predicted octanol–water partition coefficient (Wildman–Crippen LogP) is 1.71. The van der Waals surface area contributed by atoms with Crippen LogP contribution in [0.15, 0.2) is 24.3 Å². The highest BCUT2D eigenvalue weighted by Gasteiger charge is 2.05. The van der Waals surface area contributed by atoms with Gasteiger partial charge in [0, 0.05) is 7.11 Å². The van der Waals surface area contributed by atoms with Crippen LogP contribution in [0.2, 0.25) is 0 Å². The molecule has 5 heteroatoms. The first-order chi connectivity index (χ1) is 9.11. The number of methoxy groups -OCH3 is 1. The minimum atomic E-state index is -0.211. The average molecular weight is 266 g/mol. The Morgan fingerprint density at radius 3 is 2.89 bits per heavy atom. The van der Waals surface area contributed by atoms with Gasteiger partial charge >= 0.3 is 6.03 Å². The molecule has 106 valence electrons. The number of hydrogen-bond acceptors (Lipinski definition) is 3. The van der Waals surface area contributed by atoms with Crippen LogP contribution in [-0.2, 0) is 4.74 Å². The molecule has 0 aliphatic carbocycles. The molecule has 0 aliphatic heterocycles. The van der Waals surface area contributed by atoms with Gasteiger partial charge in [-0.25, -0.2) is 4.79 Å². The van der Waals surface area contributed by atoms with Crippen LogP contribution in [0.3, 0.4) is 0 Å². The van der Waals surface area contributed by atoms with E-state index in [0.717, 1.165) is 11.3 Å². The summed E-state index contributed by atoms with van der Waals surface area (Å²) in [6.07, 6.45) is 0. The molecule has 1 rings (SSSR count). The maximum atomic E-state index is 11.5. The zero-order valence-electron chi connectivity index (χ0n) is 11.7. The zero-order chi connectivity index (χ0) is 14.1. The highest BCUT2D eigenvalue weighted by molar-refractivity contribution is 5.74. The fraction of sp³-hybridized carbons (Fsp3) is 0.500. The number of carbonyl (C=O) groups is 1. The molecule has 0 saturated carbocycles. The summed E-state index contributed by atoms with van der Waals surface area (Å²) in [6, 6.07) is 7.58. The van der Waals surface area contributed by atoms with Crippen molar-refractivity contribution in [1.29, 1.82) is 0 Å². The largest absolute Gasteiger partial charge is 0.492 e. The Labute approximate surface area is 114 Å². The van der Waals surface area contributed by atoms with Gasteiger partial charge in [-0.1, -0.05) is 12.1 Å². The fourth-order valence-corrected chi connectivity index (χ4v) is 1.61. The summed E-state index contributed by atoms with van der Waals surface area (Å²) in [6.45, 7) is 5.28. The normalized spacial score (nSPS) is 11.7. The molecule has 2 amide bonds. The number of hydrogen-bond donors (Lipinski definition) is 2. The van der Waals surface area contributed by atoms with E-state index >= 15 is 0 Å². The van der Waals surface area contributed by atoms with Crippen LogP contribution < -0.4 is 15.4 Å². The van der Waals surface area contributed by atoms with Crippen molar-refractivity contribution >= 4 is 6.03 Å². The van der Waals surface area contributed by atoms with Crippen molar-refractivity contribution in [3.63, 3.8) is 0 Å². The summed E-state index contributed by atoms with van der Waals surface area (Å²) in [5, 5.41) is 5.48. The van der Waals surface area contributed by atoms with E-state index in [1.807, 2.05) is 38.1 Å². The fourth-order valence-electron chi connectivity index (χ4n) is 1.61. The first kappa shape index (κ1) is 15.3. The molecular formula is C14H22N2O3. The van der Waals surface area contributed by atoms with E-state index < -0.39 is 0 Å². The Morgan fingerprint density at radius 2 is 2.21 bits per heavy atom. The molecule has 1 unspecified atom stereocenters. The van der Waals surface area contributed by atoms with Crippen LogP contribution in [0.4, 0.5) is 4.79 Å². The lowest BCUT2D eigenvalue weighted by Crippen LogP contribution is -2.43. The van der Waals surface area contributed by atoms with E-state index in [1.165, 1.54) is 0 Å². The Morgan fingerprint density at radius 1 is 1.42 bits per heavy atom. The average Bonchev–Trinajstić information content (AvgIpc) is 2.35. The second kappa shape index (κ2) is 8.37. The topological polar surface area (TPSA) is 59.6 Å². The number of carbonyl (C=O) groups excluding carboxylic acids is 1. The van der Waals surface area contributed by atoms with Gasteiger partial charge in [0.1, 0.15) is 12.4 Å². The first-order valence-corrected chi connectivity index (χ1v) is 6.34. The maximum absolute atomic E-state index is 11.5. The van der Waals surface area contributed by atoms with E-state index in [-0.39, 0.29) is 12.1 Å². The summed E-state index contributed by atoms with van der Waals surface area (Å²) in [4.78, 5) is 11.5. The second-order valence-corrected chi connectivity index (χ2v) is 4.42. The summed E-state index contributed by atoms with van der Waals surface area (Å²) in [5.74, 6) is 0.815. The molecule has 0 heterocycles. The van der Waals surface area contributed by atoms with Crippen molar-refractivity contribution in [1.82, 2.24) is 10.6 Å². The lowest BCUT2D eigenvalue weighted by molar-refractivity contribution is 0.170. The number of rotatable bonds is 7. The van der Waals surface area contributed by atoms with Gasteiger partial charge in [-0.15, -0.1) is 0 Å². The molecule has 1 aromatic carbocycles. The number of nitrogens with one attached hydrogen (secondary N) is 2. The van der Waals surface area contributed by atoms with Crippen LogP contribution in [0.25, 0.3) is 0 Å². The number of ether oxygens (including phenoxy) is 2. The summed E-state index contributed by atoms with van der Waals surface area (Å²) < 4.78 is 10.5. The number of benzene rings is 1. The number of amides is 2. The molecule has 0 radical (unpaired) electrons. The van der Waals surface area contributed by atoms with Gasteiger partial charge in [-0.2, -0.15) is 0 Å². The first-order valence-electron chi connectivity index (χ1n) is 6.34. The van der Waals surface area contributed by atoms with Crippen molar-refractivity contribution in [3.8, 4) is 5.75 Å². The molecule has 0 aliphatic rings. The molecule has 0 spiro atoms. The minimum Gasteiger partial charge on any atom is -0.492 e. The minimum absolute atomic E-state index is 0.0114. The third kappa shape index (κ3) is 6.67.